The first kappa shape index (κ1) is 23.1. The summed E-state index contributed by atoms with van der Waals surface area (Å²) in [5.41, 5.74) is 3.69. The highest BCUT2D eigenvalue weighted by atomic mass is 16.3. The summed E-state index contributed by atoms with van der Waals surface area (Å²) >= 11 is 0. The van der Waals surface area contributed by atoms with Crippen LogP contribution in [0.15, 0.2) is 48.5 Å². The molecule has 5 heteroatoms. The summed E-state index contributed by atoms with van der Waals surface area (Å²) in [7, 11) is 0. The Hall–Kier alpha value is -2.53. The average molecular weight is 424 g/mol. The molecule has 0 radical (unpaired) electrons. The van der Waals surface area contributed by atoms with Gasteiger partial charge in [-0.1, -0.05) is 52.0 Å². The van der Waals surface area contributed by atoms with Crippen molar-refractivity contribution in [2.45, 2.75) is 40.2 Å². The Bertz CT molecular complexity index is 823. The molecule has 0 aromatic heterocycles. The number of phenolic OH excluding ortho intramolecular Hbond substituents is 1. The maximum absolute atomic E-state index is 12.8. The zero-order chi connectivity index (χ0) is 22.4. The van der Waals surface area contributed by atoms with E-state index in [-0.39, 0.29) is 17.7 Å². The number of nitrogens with one attached hydrogen (secondary N) is 1. The topological polar surface area (TPSA) is 55.8 Å². The van der Waals surface area contributed by atoms with E-state index in [0.717, 1.165) is 38.3 Å². The molecule has 1 heterocycles. The van der Waals surface area contributed by atoms with Gasteiger partial charge in [-0.25, -0.2) is 0 Å². The van der Waals surface area contributed by atoms with Crippen LogP contribution in [0.4, 0.5) is 5.69 Å². The van der Waals surface area contributed by atoms with Crippen LogP contribution < -0.4 is 10.2 Å². The molecule has 1 aliphatic rings. The molecule has 0 saturated carbocycles. The standard InChI is InChI=1S/C26H37N3O2/c1-19(2)17-21-5-7-22(8-6-21)26(20(3)4)27-18-25(31)29-15-13-28(14-16-29)23-9-11-24(30)12-10-23/h5-12,19-20,26-27,30H,13-18H2,1-4H3/t26-/m0/s1. The lowest BCUT2D eigenvalue weighted by Gasteiger charge is -2.36. The van der Waals surface area contributed by atoms with Crippen LogP contribution in [0.5, 0.6) is 5.75 Å². The van der Waals surface area contributed by atoms with E-state index in [2.05, 4.69) is 62.2 Å². The summed E-state index contributed by atoms with van der Waals surface area (Å²) < 4.78 is 0. The number of hydrogen-bond acceptors (Lipinski definition) is 4. The van der Waals surface area contributed by atoms with Gasteiger partial charge in [0.2, 0.25) is 5.91 Å². The highest BCUT2D eigenvalue weighted by Gasteiger charge is 2.23. The van der Waals surface area contributed by atoms with Crippen LogP contribution in [0.1, 0.15) is 44.9 Å². The van der Waals surface area contributed by atoms with E-state index < -0.39 is 0 Å². The molecular weight excluding hydrogens is 386 g/mol. The molecule has 31 heavy (non-hydrogen) atoms. The highest BCUT2D eigenvalue weighted by molar-refractivity contribution is 5.78. The van der Waals surface area contributed by atoms with E-state index in [1.54, 1.807) is 12.1 Å². The monoisotopic (exact) mass is 423 g/mol. The van der Waals surface area contributed by atoms with E-state index >= 15 is 0 Å². The predicted molar refractivity (Wildman–Crippen MR) is 127 cm³/mol. The van der Waals surface area contributed by atoms with Gasteiger partial charge in [-0.15, -0.1) is 0 Å². The number of benzene rings is 2. The number of nitrogens with zero attached hydrogens (tertiary/aromatic N) is 2. The van der Waals surface area contributed by atoms with Gasteiger partial charge in [0.25, 0.3) is 0 Å². The summed E-state index contributed by atoms with van der Waals surface area (Å²) in [5.74, 6) is 1.48. The summed E-state index contributed by atoms with van der Waals surface area (Å²) in [5, 5.41) is 13.0. The first-order chi connectivity index (χ1) is 14.8. The second-order valence-corrected chi connectivity index (χ2v) is 9.33. The van der Waals surface area contributed by atoms with Gasteiger partial charge in [-0.05, 0) is 53.6 Å². The van der Waals surface area contributed by atoms with Crippen molar-refractivity contribution < 1.29 is 9.90 Å². The van der Waals surface area contributed by atoms with Crippen LogP contribution in [-0.2, 0) is 11.2 Å². The number of carbonyl (C=O) groups is 1. The summed E-state index contributed by atoms with van der Waals surface area (Å²) in [6.07, 6.45) is 1.09. The predicted octanol–water partition coefficient (Wildman–Crippen LogP) is 4.23. The first-order valence-electron chi connectivity index (χ1n) is 11.5. The number of carbonyl (C=O) groups excluding carboxylic acids is 1. The van der Waals surface area contributed by atoms with E-state index in [0.29, 0.717) is 18.4 Å². The lowest BCUT2D eigenvalue weighted by molar-refractivity contribution is -0.130. The van der Waals surface area contributed by atoms with Gasteiger partial charge in [-0.3, -0.25) is 4.79 Å². The number of piperazine rings is 1. The molecule has 1 fully saturated rings. The molecule has 2 aromatic carbocycles. The molecular formula is C26H37N3O2. The number of hydrogen-bond donors (Lipinski definition) is 2. The molecule has 0 unspecified atom stereocenters. The van der Waals surface area contributed by atoms with Crippen molar-refractivity contribution in [2.24, 2.45) is 11.8 Å². The van der Waals surface area contributed by atoms with E-state index in [1.807, 2.05) is 17.0 Å². The first-order valence-corrected chi connectivity index (χ1v) is 11.5. The number of aromatic hydroxyl groups is 1. The molecule has 1 amide bonds. The minimum absolute atomic E-state index is 0.160. The van der Waals surface area contributed by atoms with E-state index in [1.165, 1.54) is 11.1 Å². The van der Waals surface area contributed by atoms with Crippen LogP contribution in [0.3, 0.4) is 0 Å². The third-order valence-corrected chi connectivity index (χ3v) is 5.97. The van der Waals surface area contributed by atoms with Gasteiger partial charge in [-0.2, -0.15) is 0 Å². The van der Waals surface area contributed by atoms with Crippen LogP contribution in [0.25, 0.3) is 0 Å². The zero-order valence-corrected chi connectivity index (χ0v) is 19.3. The van der Waals surface area contributed by atoms with Gasteiger partial charge in [0.15, 0.2) is 0 Å². The van der Waals surface area contributed by atoms with Gasteiger partial charge in [0.1, 0.15) is 5.75 Å². The van der Waals surface area contributed by atoms with Gasteiger partial charge in [0.05, 0.1) is 6.54 Å². The molecule has 0 bridgehead atoms. The van der Waals surface area contributed by atoms with Crippen molar-refractivity contribution in [3.8, 4) is 5.75 Å². The van der Waals surface area contributed by atoms with Gasteiger partial charge in [0, 0.05) is 37.9 Å². The Balaban J connectivity index is 1.52. The zero-order valence-electron chi connectivity index (χ0n) is 19.3. The molecule has 5 nitrogen and oxygen atoms in total. The molecule has 1 saturated heterocycles. The van der Waals surface area contributed by atoms with Crippen molar-refractivity contribution in [2.75, 3.05) is 37.6 Å². The molecule has 2 aromatic rings. The maximum atomic E-state index is 12.8. The second kappa shape index (κ2) is 10.7. The normalized spacial score (nSPS) is 15.5. The fraction of sp³-hybridized carbons (Fsp3) is 0.500. The summed E-state index contributed by atoms with van der Waals surface area (Å²) in [6.45, 7) is 12.3. The Morgan fingerprint density at radius 3 is 2.10 bits per heavy atom. The Morgan fingerprint density at radius 1 is 0.935 bits per heavy atom. The number of anilines is 1. The third kappa shape index (κ3) is 6.47. The largest absolute Gasteiger partial charge is 0.508 e. The third-order valence-electron chi connectivity index (χ3n) is 5.97. The van der Waals surface area contributed by atoms with Crippen LogP contribution in [0.2, 0.25) is 0 Å². The SMILES string of the molecule is CC(C)Cc1ccc([C@@H](NCC(=O)N2CCN(c3ccc(O)cc3)CC2)C(C)C)cc1. The van der Waals surface area contributed by atoms with E-state index in [9.17, 15) is 9.90 Å². The Kier molecular flexibility index (Phi) is 7.97. The highest BCUT2D eigenvalue weighted by Crippen LogP contribution is 2.23. The van der Waals surface area contributed by atoms with E-state index in [4.69, 9.17) is 0 Å². The number of phenols is 1. The lowest BCUT2D eigenvalue weighted by atomic mass is 9.93. The fourth-order valence-electron chi connectivity index (χ4n) is 4.26. The quantitative estimate of drug-likeness (QED) is 0.667. The van der Waals surface area contributed by atoms with Crippen LogP contribution in [0, 0.1) is 11.8 Å². The van der Waals surface area contributed by atoms with Gasteiger partial charge >= 0.3 is 0 Å². The minimum Gasteiger partial charge on any atom is -0.508 e. The summed E-state index contributed by atoms with van der Waals surface area (Å²) in [6, 6.07) is 16.3. The maximum Gasteiger partial charge on any atom is 0.236 e. The molecule has 168 valence electrons. The molecule has 1 atom stereocenters. The summed E-state index contributed by atoms with van der Waals surface area (Å²) in [4.78, 5) is 17.0. The van der Waals surface area contributed by atoms with Gasteiger partial charge < -0.3 is 20.2 Å². The van der Waals surface area contributed by atoms with Crippen LogP contribution >= 0.6 is 0 Å². The van der Waals surface area contributed by atoms with Crippen molar-refractivity contribution in [1.29, 1.82) is 0 Å². The van der Waals surface area contributed by atoms with Crippen LogP contribution in [-0.4, -0.2) is 48.6 Å². The average Bonchev–Trinajstić information content (AvgIpc) is 2.75. The van der Waals surface area contributed by atoms with Crippen molar-refractivity contribution in [3.05, 3.63) is 59.7 Å². The molecule has 0 aliphatic carbocycles. The van der Waals surface area contributed by atoms with Crippen molar-refractivity contribution >= 4 is 11.6 Å². The molecule has 2 N–H and O–H groups in total. The van der Waals surface area contributed by atoms with Crippen molar-refractivity contribution in [1.82, 2.24) is 10.2 Å². The lowest BCUT2D eigenvalue weighted by Crippen LogP contribution is -2.51. The second-order valence-electron chi connectivity index (χ2n) is 9.33. The molecule has 3 rings (SSSR count). The molecule has 0 spiro atoms. The van der Waals surface area contributed by atoms with Crippen molar-refractivity contribution in [3.63, 3.8) is 0 Å². The molecule has 1 aliphatic heterocycles. The number of amides is 1. The fourth-order valence-corrected chi connectivity index (χ4v) is 4.26. The number of rotatable bonds is 8. The minimum atomic E-state index is 0.160. The Morgan fingerprint density at radius 2 is 1.55 bits per heavy atom. The Labute approximate surface area is 187 Å². The smallest absolute Gasteiger partial charge is 0.236 e.